The van der Waals surface area contributed by atoms with Crippen LogP contribution in [-0.4, -0.2) is 59.0 Å². The van der Waals surface area contributed by atoms with E-state index in [0.29, 0.717) is 25.2 Å². The zero-order chi connectivity index (χ0) is 20.6. The van der Waals surface area contributed by atoms with Gasteiger partial charge in [-0.2, -0.15) is 0 Å². The van der Waals surface area contributed by atoms with Crippen LogP contribution in [0.15, 0.2) is 24.3 Å². The summed E-state index contributed by atoms with van der Waals surface area (Å²) in [5.74, 6) is -0.160. The summed E-state index contributed by atoms with van der Waals surface area (Å²) < 4.78 is 5.43. The molecule has 1 saturated carbocycles. The van der Waals surface area contributed by atoms with Gasteiger partial charge in [0, 0.05) is 37.2 Å². The van der Waals surface area contributed by atoms with E-state index in [-0.39, 0.29) is 29.9 Å². The molecule has 0 unspecified atom stereocenters. The average molecular weight is 387 g/mol. The molecule has 3 rings (SSSR count). The first-order chi connectivity index (χ1) is 13.1. The molecule has 7 nitrogen and oxygen atoms in total. The minimum atomic E-state index is -0.529. The molecule has 1 aliphatic carbocycles. The Kier molecular flexibility index (Phi) is 5.37. The lowest BCUT2D eigenvalue weighted by molar-refractivity contribution is -0.137. The number of amides is 3. The predicted octanol–water partition coefficient (Wildman–Crippen LogP) is 2.36. The molecule has 2 fully saturated rings. The fraction of sp³-hybridized carbons (Fsp3) is 0.571. The van der Waals surface area contributed by atoms with Gasteiger partial charge in [-0.25, -0.2) is 4.79 Å². The number of carbonyl (C=O) groups is 3. The van der Waals surface area contributed by atoms with Crippen LogP contribution in [0.2, 0.25) is 0 Å². The lowest BCUT2D eigenvalue weighted by Gasteiger charge is -2.40. The van der Waals surface area contributed by atoms with Gasteiger partial charge in [-0.05, 0) is 57.7 Å². The normalized spacial score (nSPS) is 24.6. The number of hydrogen-bond donors (Lipinski definition) is 1. The summed E-state index contributed by atoms with van der Waals surface area (Å²) in [6.07, 6.45) is 0.485. The summed E-state index contributed by atoms with van der Waals surface area (Å²) in [6.45, 7) is 8.98. The lowest BCUT2D eigenvalue weighted by atomic mass is 10.1. The van der Waals surface area contributed by atoms with Gasteiger partial charge in [0.2, 0.25) is 11.8 Å². The van der Waals surface area contributed by atoms with Crippen LogP contribution >= 0.6 is 0 Å². The molecule has 3 atom stereocenters. The molecule has 7 heteroatoms. The SMILES string of the molecule is C[C@H]1CN(C(=O)OC(C)(C)C)CCN1C(=O)[C@H]1C[C@@H]1c1ccc(C(N)=O)cc1. The minimum Gasteiger partial charge on any atom is -0.444 e. The van der Waals surface area contributed by atoms with Crippen molar-refractivity contribution >= 4 is 17.9 Å². The average Bonchev–Trinajstić information content (AvgIpc) is 3.40. The van der Waals surface area contributed by atoms with E-state index in [2.05, 4.69) is 0 Å². The van der Waals surface area contributed by atoms with E-state index in [4.69, 9.17) is 10.5 Å². The van der Waals surface area contributed by atoms with Gasteiger partial charge in [0.05, 0.1) is 0 Å². The molecular weight excluding hydrogens is 358 g/mol. The predicted molar refractivity (Wildman–Crippen MR) is 105 cm³/mol. The second-order valence-corrected chi connectivity index (χ2v) is 8.74. The molecule has 3 amide bonds. The topological polar surface area (TPSA) is 92.9 Å². The van der Waals surface area contributed by atoms with Gasteiger partial charge in [-0.15, -0.1) is 0 Å². The van der Waals surface area contributed by atoms with E-state index in [1.54, 1.807) is 17.0 Å². The van der Waals surface area contributed by atoms with E-state index in [1.165, 1.54) is 0 Å². The summed E-state index contributed by atoms with van der Waals surface area (Å²) in [7, 11) is 0. The van der Waals surface area contributed by atoms with Crippen molar-refractivity contribution in [2.45, 2.75) is 51.7 Å². The van der Waals surface area contributed by atoms with Crippen molar-refractivity contribution in [1.29, 1.82) is 0 Å². The van der Waals surface area contributed by atoms with Crippen LogP contribution in [-0.2, 0) is 9.53 Å². The number of piperazine rings is 1. The molecule has 152 valence electrons. The van der Waals surface area contributed by atoms with E-state index in [1.807, 2.05) is 44.7 Å². The Labute approximate surface area is 165 Å². The summed E-state index contributed by atoms with van der Waals surface area (Å²) in [4.78, 5) is 40.0. The van der Waals surface area contributed by atoms with Crippen LogP contribution in [0, 0.1) is 5.92 Å². The Hall–Kier alpha value is -2.57. The molecule has 1 saturated heterocycles. The summed E-state index contributed by atoms with van der Waals surface area (Å²) >= 11 is 0. The fourth-order valence-electron chi connectivity index (χ4n) is 3.72. The molecule has 1 aliphatic heterocycles. The highest BCUT2D eigenvalue weighted by Crippen LogP contribution is 2.48. The van der Waals surface area contributed by atoms with Crippen molar-refractivity contribution < 1.29 is 19.1 Å². The maximum atomic E-state index is 13.0. The van der Waals surface area contributed by atoms with Gasteiger partial charge in [-0.1, -0.05) is 12.1 Å². The van der Waals surface area contributed by atoms with Crippen molar-refractivity contribution in [3.8, 4) is 0 Å². The molecule has 1 heterocycles. The number of ether oxygens (including phenoxy) is 1. The molecule has 0 radical (unpaired) electrons. The first-order valence-corrected chi connectivity index (χ1v) is 9.75. The van der Waals surface area contributed by atoms with E-state index in [9.17, 15) is 14.4 Å². The van der Waals surface area contributed by atoms with Gasteiger partial charge in [0.1, 0.15) is 5.60 Å². The van der Waals surface area contributed by atoms with Gasteiger partial charge in [0.25, 0.3) is 0 Å². The van der Waals surface area contributed by atoms with Crippen molar-refractivity contribution in [1.82, 2.24) is 9.80 Å². The van der Waals surface area contributed by atoms with Gasteiger partial charge in [0.15, 0.2) is 0 Å². The van der Waals surface area contributed by atoms with Gasteiger partial charge in [-0.3, -0.25) is 9.59 Å². The van der Waals surface area contributed by atoms with Gasteiger partial charge < -0.3 is 20.3 Å². The molecular formula is C21H29N3O4. The number of nitrogens with zero attached hydrogens (tertiary/aromatic N) is 2. The maximum Gasteiger partial charge on any atom is 0.410 e. The maximum absolute atomic E-state index is 13.0. The third-order valence-corrected chi connectivity index (χ3v) is 5.29. The summed E-state index contributed by atoms with van der Waals surface area (Å²) in [5.41, 5.74) is 6.27. The number of carbonyl (C=O) groups excluding carboxylic acids is 3. The smallest absolute Gasteiger partial charge is 0.410 e. The second-order valence-electron chi connectivity index (χ2n) is 8.74. The molecule has 0 aromatic heterocycles. The zero-order valence-corrected chi connectivity index (χ0v) is 17.0. The monoisotopic (exact) mass is 387 g/mol. The Morgan fingerprint density at radius 2 is 1.75 bits per heavy atom. The van der Waals surface area contributed by atoms with Crippen molar-refractivity contribution in [3.05, 3.63) is 35.4 Å². The Bertz CT molecular complexity index is 769. The van der Waals surface area contributed by atoms with E-state index in [0.717, 1.165) is 12.0 Å². The van der Waals surface area contributed by atoms with Crippen molar-refractivity contribution in [2.75, 3.05) is 19.6 Å². The molecule has 28 heavy (non-hydrogen) atoms. The Morgan fingerprint density at radius 1 is 1.11 bits per heavy atom. The zero-order valence-electron chi connectivity index (χ0n) is 17.0. The van der Waals surface area contributed by atoms with Crippen LogP contribution in [0.25, 0.3) is 0 Å². The quantitative estimate of drug-likeness (QED) is 0.862. The summed E-state index contributed by atoms with van der Waals surface area (Å²) in [6, 6.07) is 7.12. The van der Waals surface area contributed by atoms with Crippen LogP contribution in [0.4, 0.5) is 4.79 Å². The van der Waals surface area contributed by atoms with E-state index >= 15 is 0 Å². The molecule has 1 aromatic rings. The van der Waals surface area contributed by atoms with E-state index < -0.39 is 11.5 Å². The largest absolute Gasteiger partial charge is 0.444 e. The first kappa shape index (κ1) is 20.2. The number of benzene rings is 1. The Balaban J connectivity index is 1.56. The van der Waals surface area contributed by atoms with Gasteiger partial charge >= 0.3 is 6.09 Å². The second kappa shape index (κ2) is 7.45. The highest BCUT2D eigenvalue weighted by atomic mass is 16.6. The standard InChI is InChI=1S/C21H29N3O4/c1-13-12-23(20(27)28-21(2,3)4)9-10-24(13)19(26)17-11-16(17)14-5-7-15(8-6-14)18(22)25/h5-8,13,16-17H,9-12H2,1-4H3,(H2,22,25)/t13-,16+,17-/m0/s1. The van der Waals surface area contributed by atoms with Crippen molar-refractivity contribution in [3.63, 3.8) is 0 Å². The molecule has 2 N–H and O–H groups in total. The third-order valence-electron chi connectivity index (χ3n) is 5.29. The first-order valence-electron chi connectivity index (χ1n) is 9.75. The van der Waals surface area contributed by atoms with Crippen molar-refractivity contribution in [2.24, 2.45) is 11.7 Å². The number of primary amides is 1. The number of nitrogens with two attached hydrogens (primary N) is 1. The van der Waals surface area contributed by atoms with Crippen LogP contribution in [0.3, 0.4) is 0 Å². The lowest BCUT2D eigenvalue weighted by Crippen LogP contribution is -2.56. The molecule has 2 aliphatic rings. The third kappa shape index (κ3) is 4.46. The van der Waals surface area contributed by atoms with Crippen LogP contribution in [0.5, 0.6) is 0 Å². The minimum absolute atomic E-state index is 0.0324. The Morgan fingerprint density at radius 3 is 2.29 bits per heavy atom. The summed E-state index contributed by atoms with van der Waals surface area (Å²) in [5, 5.41) is 0. The number of rotatable bonds is 3. The molecule has 1 aromatic carbocycles. The van der Waals surface area contributed by atoms with Crippen LogP contribution < -0.4 is 5.73 Å². The van der Waals surface area contributed by atoms with Crippen LogP contribution in [0.1, 0.15) is 56.0 Å². The molecule has 0 spiro atoms. The fourth-order valence-corrected chi connectivity index (χ4v) is 3.72. The number of hydrogen-bond acceptors (Lipinski definition) is 4. The molecule has 0 bridgehead atoms. The highest BCUT2D eigenvalue weighted by Gasteiger charge is 2.47. The highest BCUT2D eigenvalue weighted by molar-refractivity contribution is 5.92.